The van der Waals surface area contributed by atoms with E-state index >= 15 is 0 Å². The molecule has 1 saturated carbocycles. The number of hydrogen-bond acceptors (Lipinski definition) is 5. The number of pyridine rings is 1. The largest absolute Gasteiger partial charge is 0.352 e. The number of carbonyl (C=O) groups is 1. The quantitative estimate of drug-likeness (QED) is 0.787. The molecule has 8 heteroatoms. The second-order valence-electron chi connectivity index (χ2n) is 8.45. The van der Waals surface area contributed by atoms with Crippen molar-refractivity contribution in [2.24, 2.45) is 0 Å². The molecule has 2 aliphatic rings. The van der Waals surface area contributed by atoms with E-state index in [2.05, 4.69) is 15.2 Å². The summed E-state index contributed by atoms with van der Waals surface area (Å²) < 4.78 is 28.1. The maximum Gasteiger partial charge on any atom is 0.245 e. The van der Waals surface area contributed by atoms with Gasteiger partial charge in [0.15, 0.2) is 0 Å². The fraction of sp³-hybridized carbons (Fsp3) is 0.545. The lowest BCUT2D eigenvalue weighted by Gasteiger charge is -2.37. The van der Waals surface area contributed by atoms with Crippen molar-refractivity contribution >= 4 is 26.8 Å². The molecule has 2 aromatic rings. The van der Waals surface area contributed by atoms with E-state index in [1.165, 1.54) is 17.1 Å². The number of nitrogens with one attached hydrogen (secondary N) is 1. The van der Waals surface area contributed by atoms with Crippen LogP contribution in [0.15, 0.2) is 35.4 Å². The maximum atomic E-state index is 13.3. The Kier molecular flexibility index (Phi) is 6.09. The van der Waals surface area contributed by atoms with Crippen LogP contribution in [0, 0.1) is 6.92 Å². The second-order valence-corrected chi connectivity index (χ2v) is 10.4. The minimum Gasteiger partial charge on any atom is -0.352 e. The number of nitrogens with zero attached hydrogens (tertiary/aromatic N) is 3. The number of para-hydroxylation sites is 1. The van der Waals surface area contributed by atoms with Crippen molar-refractivity contribution in [3.63, 3.8) is 0 Å². The number of rotatable bonds is 5. The van der Waals surface area contributed by atoms with Crippen molar-refractivity contribution in [2.75, 3.05) is 26.2 Å². The Morgan fingerprint density at radius 1 is 1.17 bits per heavy atom. The van der Waals surface area contributed by atoms with Gasteiger partial charge < -0.3 is 5.32 Å². The smallest absolute Gasteiger partial charge is 0.245 e. The third-order valence-corrected chi connectivity index (χ3v) is 8.26. The fourth-order valence-electron chi connectivity index (χ4n) is 4.48. The molecule has 30 heavy (non-hydrogen) atoms. The molecule has 2 heterocycles. The van der Waals surface area contributed by atoms with Gasteiger partial charge in [-0.1, -0.05) is 25.0 Å². The molecule has 4 rings (SSSR count). The summed E-state index contributed by atoms with van der Waals surface area (Å²) in [6, 6.07) is 7.27. The number of aromatic nitrogens is 1. The second kappa shape index (κ2) is 8.61. The predicted molar refractivity (Wildman–Crippen MR) is 117 cm³/mol. The van der Waals surface area contributed by atoms with Crippen LogP contribution in [0.4, 0.5) is 0 Å². The first-order valence-electron chi connectivity index (χ1n) is 10.8. The molecule has 1 aromatic heterocycles. The number of aryl methyl sites for hydroxylation is 1. The average Bonchev–Trinajstić information content (AvgIpc) is 3.25. The van der Waals surface area contributed by atoms with Crippen LogP contribution < -0.4 is 5.32 Å². The van der Waals surface area contributed by atoms with Crippen LogP contribution in [0.25, 0.3) is 10.9 Å². The van der Waals surface area contributed by atoms with E-state index in [0.29, 0.717) is 37.7 Å². The highest BCUT2D eigenvalue weighted by molar-refractivity contribution is 7.89. The van der Waals surface area contributed by atoms with E-state index < -0.39 is 10.0 Å². The number of amides is 1. The van der Waals surface area contributed by atoms with E-state index in [1.807, 2.05) is 26.0 Å². The molecular weight excluding hydrogens is 400 g/mol. The molecule has 0 unspecified atom stereocenters. The van der Waals surface area contributed by atoms with E-state index in [9.17, 15) is 13.2 Å². The van der Waals surface area contributed by atoms with Crippen molar-refractivity contribution in [3.8, 4) is 0 Å². The van der Waals surface area contributed by atoms with Gasteiger partial charge in [-0.15, -0.1) is 0 Å². The molecule has 1 saturated heterocycles. The van der Waals surface area contributed by atoms with E-state index in [1.54, 1.807) is 18.3 Å². The number of fused-ring (bicyclic) bond motifs is 1. The number of benzene rings is 1. The van der Waals surface area contributed by atoms with Gasteiger partial charge in [0, 0.05) is 43.8 Å². The van der Waals surface area contributed by atoms with Crippen LogP contribution in [0.2, 0.25) is 0 Å². The molecule has 1 amide bonds. The molecule has 0 spiro atoms. The summed E-state index contributed by atoms with van der Waals surface area (Å²) >= 11 is 0. The third kappa shape index (κ3) is 4.22. The van der Waals surface area contributed by atoms with Crippen LogP contribution >= 0.6 is 0 Å². The van der Waals surface area contributed by atoms with Gasteiger partial charge in [0.2, 0.25) is 15.9 Å². The van der Waals surface area contributed by atoms with Crippen molar-refractivity contribution in [1.29, 1.82) is 0 Å². The monoisotopic (exact) mass is 430 g/mol. The molecule has 0 bridgehead atoms. The standard InChI is InChI=1S/C22H30N4O3S/c1-16-14-18-6-5-9-20(21(18)23-15-16)30(28,29)26-12-10-25(11-13-26)17(2)22(27)24-19-7-3-4-8-19/h5-6,9,14-15,17,19H,3-4,7-8,10-13H2,1-2H3,(H,24,27)/t17-/m0/s1. The highest BCUT2D eigenvalue weighted by atomic mass is 32.2. The van der Waals surface area contributed by atoms with Crippen LogP contribution in [0.3, 0.4) is 0 Å². The summed E-state index contributed by atoms with van der Waals surface area (Å²) in [6.07, 6.45) is 6.17. The number of hydrogen-bond donors (Lipinski definition) is 1. The summed E-state index contributed by atoms with van der Waals surface area (Å²) in [7, 11) is -3.65. The predicted octanol–water partition coefficient (Wildman–Crippen LogP) is 2.30. The third-order valence-electron chi connectivity index (χ3n) is 6.33. The molecule has 0 radical (unpaired) electrons. The first kappa shape index (κ1) is 21.2. The summed E-state index contributed by atoms with van der Waals surface area (Å²) in [6.45, 7) is 5.66. The van der Waals surface area contributed by atoms with E-state index in [4.69, 9.17) is 0 Å². The van der Waals surface area contributed by atoms with Gasteiger partial charge in [-0.2, -0.15) is 4.31 Å². The first-order valence-corrected chi connectivity index (χ1v) is 12.2. The van der Waals surface area contributed by atoms with E-state index in [-0.39, 0.29) is 16.8 Å². The minimum atomic E-state index is -3.65. The zero-order valence-corrected chi connectivity index (χ0v) is 18.5. The highest BCUT2D eigenvalue weighted by Crippen LogP contribution is 2.26. The van der Waals surface area contributed by atoms with Crippen LogP contribution in [0.5, 0.6) is 0 Å². The lowest BCUT2D eigenvalue weighted by atomic mass is 10.2. The number of carbonyl (C=O) groups excluding carboxylic acids is 1. The van der Waals surface area contributed by atoms with Gasteiger partial charge in [0.1, 0.15) is 4.90 Å². The summed E-state index contributed by atoms with van der Waals surface area (Å²) in [5, 5.41) is 3.97. The Bertz CT molecular complexity index is 1030. The minimum absolute atomic E-state index is 0.0480. The maximum absolute atomic E-state index is 13.3. The van der Waals surface area contributed by atoms with Crippen molar-refractivity contribution in [1.82, 2.24) is 19.5 Å². The summed E-state index contributed by atoms with van der Waals surface area (Å²) in [5.41, 5.74) is 1.50. The average molecular weight is 431 g/mol. The van der Waals surface area contributed by atoms with Gasteiger partial charge in [-0.25, -0.2) is 8.42 Å². The Balaban J connectivity index is 1.44. The molecule has 162 valence electrons. The van der Waals surface area contributed by atoms with Gasteiger partial charge in [0.25, 0.3) is 0 Å². The van der Waals surface area contributed by atoms with Gasteiger partial charge >= 0.3 is 0 Å². The Morgan fingerprint density at radius 3 is 2.57 bits per heavy atom. The normalized spacial score (nSPS) is 20.5. The Morgan fingerprint density at radius 2 is 1.87 bits per heavy atom. The molecule has 1 aromatic carbocycles. The van der Waals surface area contributed by atoms with Crippen molar-refractivity contribution in [2.45, 2.75) is 56.5 Å². The van der Waals surface area contributed by atoms with Gasteiger partial charge in [-0.3, -0.25) is 14.7 Å². The Hall–Kier alpha value is -2.03. The van der Waals surface area contributed by atoms with Crippen LogP contribution in [-0.2, 0) is 14.8 Å². The lowest BCUT2D eigenvalue weighted by Crippen LogP contribution is -2.55. The van der Waals surface area contributed by atoms with Crippen molar-refractivity contribution in [3.05, 3.63) is 36.0 Å². The van der Waals surface area contributed by atoms with Crippen LogP contribution in [0.1, 0.15) is 38.2 Å². The SMILES string of the molecule is Cc1cnc2c(S(=O)(=O)N3CCN([C@@H](C)C(=O)NC4CCCC4)CC3)cccc2c1. The van der Waals surface area contributed by atoms with E-state index in [0.717, 1.165) is 23.8 Å². The molecule has 7 nitrogen and oxygen atoms in total. The van der Waals surface area contributed by atoms with Crippen LogP contribution in [-0.4, -0.2) is 66.8 Å². The topological polar surface area (TPSA) is 82.6 Å². The number of piperazine rings is 1. The molecule has 1 aliphatic carbocycles. The zero-order valence-electron chi connectivity index (χ0n) is 17.7. The summed E-state index contributed by atoms with van der Waals surface area (Å²) in [5.74, 6) is 0.0480. The lowest BCUT2D eigenvalue weighted by molar-refractivity contribution is -0.127. The zero-order chi connectivity index (χ0) is 21.3. The molecular formula is C22H30N4O3S. The molecule has 2 fully saturated rings. The van der Waals surface area contributed by atoms with Crippen molar-refractivity contribution < 1.29 is 13.2 Å². The highest BCUT2D eigenvalue weighted by Gasteiger charge is 2.33. The Labute approximate surface area is 178 Å². The molecule has 1 aliphatic heterocycles. The summed E-state index contributed by atoms with van der Waals surface area (Å²) in [4.78, 5) is 19.3. The fourth-order valence-corrected chi connectivity index (χ4v) is 6.07. The first-order chi connectivity index (χ1) is 14.4. The number of sulfonamides is 1. The molecule has 1 atom stereocenters. The van der Waals surface area contributed by atoms with Gasteiger partial charge in [-0.05, 0) is 44.4 Å². The molecule has 1 N–H and O–H groups in total. The van der Waals surface area contributed by atoms with Gasteiger partial charge in [0.05, 0.1) is 11.6 Å².